The van der Waals surface area contributed by atoms with E-state index in [2.05, 4.69) is 5.32 Å². The van der Waals surface area contributed by atoms with Crippen LogP contribution in [0.5, 0.6) is 5.75 Å². The molecule has 1 aliphatic rings. The van der Waals surface area contributed by atoms with Crippen LogP contribution >= 0.6 is 11.8 Å². The fraction of sp³-hybridized carbons (Fsp3) is 0.235. The van der Waals surface area contributed by atoms with Crippen LogP contribution in [-0.4, -0.2) is 18.7 Å². The van der Waals surface area contributed by atoms with Crippen molar-refractivity contribution >= 4 is 16.8 Å². The quantitative estimate of drug-likeness (QED) is 0.498. The molecule has 7 heteroatoms. The summed E-state index contributed by atoms with van der Waals surface area (Å²) in [5, 5.41) is 11.3. The molecule has 2 aromatic rings. The van der Waals surface area contributed by atoms with E-state index in [1.165, 1.54) is 12.1 Å². The minimum absolute atomic E-state index is 0.0140. The van der Waals surface area contributed by atoms with Crippen LogP contribution in [0.15, 0.2) is 36.4 Å². The van der Waals surface area contributed by atoms with Crippen molar-refractivity contribution in [1.82, 2.24) is 5.32 Å². The first kappa shape index (κ1) is 16.9. The first-order valence-electron chi connectivity index (χ1n) is 7.29. The minimum atomic E-state index is -0.810. The largest absolute Gasteiger partial charge is 0.493 e. The number of fused-ring (bicyclic) bond motifs is 1. The second-order valence-corrected chi connectivity index (χ2v) is 6.71. The number of ether oxygens (including phenoxy) is 1. The van der Waals surface area contributed by atoms with Gasteiger partial charge >= 0.3 is 0 Å². The topological polar surface area (TPSA) is 45.1 Å². The van der Waals surface area contributed by atoms with Crippen LogP contribution in [0.4, 0.5) is 13.2 Å². The van der Waals surface area contributed by atoms with Gasteiger partial charge in [0.05, 0.1) is 11.7 Å². The second-order valence-electron chi connectivity index (χ2n) is 5.41. The SMILES string of the molecule is CNC1(SC(=N)c2cc(F)cc(F)c2)CCOc2ccc(F)cc21. The predicted molar refractivity (Wildman–Crippen MR) is 88.0 cm³/mol. The Kier molecular flexibility index (Phi) is 4.56. The van der Waals surface area contributed by atoms with Crippen molar-refractivity contribution in [3.8, 4) is 5.75 Å². The number of benzene rings is 2. The van der Waals surface area contributed by atoms with Crippen molar-refractivity contribution < 1.29 is 17.9 Å². The smallest absolute Gasteiger partial charge is 0.126 e. The Labute approximate surface area is 141 Å². The van der Waals surface area contributed by atoms with Crippen LogP contribution < -0.4 is 10.1 Å². The van der Waals surface area contributed by atoms with Crippen LogP contribution in [0.1, 0.15) is 17.5 Å². The van der Waals surface area contributed by atoms with Crippen molar-refractivity contribution in [3.05, 3.63) is 65.0 Å². The fourth-order valence-corrected chi connectivity index (χ4v) is 3.86. The number of thioether (sulfide) groups is 1. The molecule has 0 aliphatic carbocycles. The second kappa shape index (κ2) is 6.49. The van der Waals surface area contributed by atoms with E-state index in [0.29, 0.717) is 24.3 Å². The first-order valence-corrected chi connectivity index (χ1v) is 8.11. The molecule has 2 N–H and O–H groups in total. The summed E-state index contributed by atoms with van der Waals surface area (Å²) in [6.45, 7) is 0.386. The molecule has 0 aromatic heterocycles. The van der Waals surface area contributed by atoms with E-state index in [1.807, 2.05) is 0 Å². The zero-order chi connectivity index (χ0) is 17.3. The van der Waals surface area contributed by atoms with Crippen molar-refractivity contribution in [1.29, 1.82) is 5.41 Å². The molecule has 0 bridgehead atoms. The molecule has 24 heavy (non-hydrogen) atoms. The Morgan fingerprint density at radius 2 is 1.83 bits per heavy atom. The van der Waals surface area contributed by atoms with Gasteiger partial charge in [-0.25, -0.2) is 13.2 Å². The molecule has 0 fully saturated rings. The molecule has 0 saturated carbocycles. The van der Waals surface area contributed by atoms with Crippen LogP contribution in [-0.2, 0) is 4.87 Å². The van der Waals surface area contributed by atoms with Gasteiger partial charge in [-0.05, 0) is 37.4 Å². The van der Waals surface area contributed by atoms with E-state index in [0.717, 1.165) is 30.0 Å². The summed E-state index contributed by atoms with van der Waals surface area (Å²) in [6.07, 6.45) is 0.477. The first-order chi connectivity index (χ1) is 11.4. The average Bonchev–Trinajstić information content (AvgIpc) is 2.54. The minimum Gasteiger partial charge on any atom is -0.493 e. The Morgan fingerprint density at radius 3 is 2.50 bits per heavy atom. The maximum atomic E-state index is 13.7. The molecule has 1 heterocycles. The lowest BCUT2D eigenvalue weighted by molar-refractivity contribution is 0.243. The van der Waals surface area contributed by atoms with Gasteiger partial charge in [0.25, 0.3) is 0 Å². The summed E-state index contributed by atoms with van der Waals surface area (Å²) in [4.78, 5) is -0.810. The molecule has 1 aliphatic heterocycles. The third kappa shape index (κ3) is 3.14. The van der Waals surface area contributed by atoms with Crippen LogP contribution in [0.2, 0.25) is 0 Å². The molecule has 3 nitrogen and oxygen atoms in total. The van der Waals surface area contributed by atoms with Gasteiger partial charge in [-0.3, -0.25) is 5.41 Å². The monoisotopic (exact) mass is 352 g/mol. The molecule has 1 atom stereocenters. The number of rotatable bonds is 3. The number of hydrogen-bond acceptors (Lipinski definition) is 4. The van der Waals surface area contributed by atoms with E-state index in [-0.39, 0.29) is 10.6 Å². The van der Waals surface area contributed by atoms with Gasteiger partial charge in [0.1, 0.15) is 28.1 Å². The highest BCUT2D eigenvalue weighted by molar-refractivity contribution is 8.15. The number of hydrogen-bond donors (Lipinski definition) is 2. The highest BCUT2D eigenvalue weighted by Gasteiger charge is 2.39. The number of nitrogens with one attached hydrogen (secondary N) is 2. The summed E-state index contributed by atoms with van der Waals surface area (Å²) in [7, 11) is 1.70. The van der Waals surface area contributed by atoms with Crippen molar-refractivity contribution in [2.24, 2.45) is 0 Å². The molecule has 2 aromatic carbocycles. The zero-order valence-electron chi connectivity index (χ0n) is 12.8. The fourth-order valence-electron chi connectivity index (χ4n) is 2.72. The third-order valence-electron chi connectivity index (χ3n) is 3.89. The van der Waals surface area contributed by atoms with E-state index in [1.54, 1.807) is 13.1 Å². The van der Waals surface area contributed by atoms with Gasteiger partial charge in [0.15, 0.2) is 0 Å². The lowest BCUT2D eigenvalue weighted by Crippen LogP contribution is -2.42. The summed E-state index contributed by atoms with van der Waals surface area (Å²) in [5.74, 6) is -1.37. The third-order valence-corrected chi connectivity index (χ3v) is 5.31. The van der Waals surface area contributed by atoms with E-state index >= 15 is 0 Å². The molecular formula is C17H15F3N2OS. The molecule has 0 radical (unpaired) electrons. The summed E-state index contributed by atoms with van der Waals surface area (Å²) in [5.41, 5.74) is 0.708. The molecule has 1 unspecified atom stereocenters. The highest BCUT2D eigenvalue weighted by atomic mass is 32.2. The van der Waals surface area contributed by atoms with Gasteiger partial charge in [-0.15, -0.1) is 0 Å². The Hall–Kier alpha value is -1.99. The van der Waals surface area contributed by atoms with Crippen molar-refractivity contribution in [3.63, 3.8) is 0 Å². The van der Waals surface area contributed by atoms with Gasteiger partial charge in [-0.2, -0.15) is 0 Å². The maximum absolute atomic E-state index is 13.7. The standard InChI is InChI=1S/C17H15F3N2OS/c1-22-17(4-5-23-15-3-2-11(18)9-14(15)17)24-16(21)10-6-12(19)8-13(20)7-10/h2-3,6-9,21-22H,4-5H2,1H3. The lowest BCUT2D eigenvalue weighted by Gasteiger charge is -2.38. The van der Waals surface area contributed by atoms with Gasteiger partial charge in [0, 0.05) is 23.6 Å². The summed E-state index contributed by atoms with van der Waals surface area (Å²) < 4.78 is 46.1. The summed E-state index contributed by atoms with van der Waals surface area (Å²) >= 11 is 1.08. The molecule has 3 rings (SSSR count). The normalized spacial score (nSPS) is 19.5. The zero-order valence-corrected chi connectivity index (χ0v) is 13.6. The Bertz CT molecular complexity index is 779. The average molecular weight is 352 g/mol. The number of halogens is 3. The van der Waals surface area contributed by atoms with Gasteiger partial charge in [-0.1, -0.05) is 11.8 Å². The van der Waals surface area contributed by atoms with Gasteiger partial charge < -0.3 is 10.1 Å². The van der Waals surface area contributed by atoms with Crippen molar-refractivity contribution in [2.45, 2.75) is 11.3 Å². The van der Waals surface area contributed by atoms with Gasteiger partial charge in [0.2, 0.25) is 0 Å². The molecular weight excluding hydrogens is 337 g/mol. The van der Waals surface area contributed by atoms with E-state index in [4.69, 9.17) is 10.1 Å². The van der Waals surface area contributed by atoms with Crippen molar-refractivity contribution in [2.75, 3.05) is 13.7 Å². The van der Waals surface area contributed by atoms with Crippen LogP contribution in [0.3, 0.4) is 0 Å². The van der Waals surface area contributed by atoms with Crippen LogP contribution in [0, 0.1) is 22.9 Å². The molecule has 0 amide bonds. The lowest BCUT2D eigenvalue weighted by atomic mass is 10.00. The molecule has 0 saturated heterocycles. The molecule has 0 spiro atoms. The van der Waals surface area contributed by atoms with Crippen LogP contribution in [0.25, 0.3) is 0 Å². The predicted octanol–water partition coefficient (Wildman–Crippen LogP) is 4.02. The highest BCUT2D eigenvalue weighted by Crippen LogP contribution is 2.45. The summed E-state index contributed by atoms with van der Waals surface area (Å²) in [6, 6.07) is 7.18. The van der Waals surface area contributed by atoms with E-state index in [9.17, 15) is 13.2 Å². The van der Waals surface area contributed by atoms with E-state index < -0.39 is 22.3 Å². The Balaban J connectivity index is 1.98. The maximum Gasteiger partial charge on any atom is 0.126 e. The molecule has 126 valence electrons. The Morgan fingerprint density at radius 1 is 1.12 bits per heavy atom.